The third-order valence-corrected chi connectivity index (χ3v) is 9.87. The molecule has 0 spiro atoms. The number of Topliss-reactive ketones (excluding diaryl/α,β-unsaturated/α-hetero) is 1. The molecule has 0 N–H and O–H groups in total. The molecule has 1 aliphatic rings. The fraction of sp³-hybridized carbons (Fsp3) is 0.229. The van der Waals surface area contributed by atoms with Crippen LogP contribution in [0.3, 0.4) is 0 Å². The Morgan fingerprint density at radius 3 is 1.22 bits per heavy atom. The van der Waals surface area contributed by atoms with Crippen LogP contribution in [0, 0.1) is 0 Å². The van der Waals surface area contributed by atoms with Crippen molar-refractivity contribution < 1.29 is 33.2 Å². The maximum absolute atomic E-state index is 14.8. The van der Waals surface area contributed by atoms with Gasteiger partial charge in [-0.2, -0.15) is 0 Å². The molecule has 7 rings (SSSR count). The van der Waals surface area contributed by atoms with E-state index in [1.54, 1.807) is 7.11 Å². The van der Waals surface area contributed by atoms with Crippen LogP contribution in [0.25, 0.3) is 0 Å². The Hall–Kier alpha value is -5.25. The Morgan fingerprint density at radius 2 is 0.836 bits per heavy atom. The molecule has 0 aromatic heterocycles. The van der Waals surface area contributed by atoms with Crippen molar-refractivity contribution in [1.82, 2.24) is 0 Å². The van der Waals surface area contributed by atoms with E-state index in [0.29, 0.717) is 0 Å². The predicted octanol–water partition coefficient (Wildman–Crippen LogP) is 8.69. The van der Waals surface area contributed by atoms with Gasteiger partial charge < -0.3 is 28.4 Å². The normalized spacial score (nSPS) is 19.8. The van der Waals surface area contributed by atoms with Gasteiger partial charge in [0.05, 0.1) is 19.8 Å². The van der Waals surface area contributed by atoms with Gasteiger partial charge in [-0.15, -0.1) is 0 Å². The molecule has 0 amide bonds. The molecule has 6 aromatic rings. The number of carbonyl (C=O) groups excluding carboxylic acids is 1. The second kappa shape index (κ2) is 18.9. The number of carbonyl (C=O) groups is 1. The molecule has 0 saturated carbocycles. The van der Waals surface area contributed by atoms with Gasteiger partial charge in [0.2, 0.25) is 0 Å². The van der Waals surface area contributed by atoms with E-state index < -0.39 is 36.3 Å². The van der Waals surface area contributed by atoms with Gasteiger partial charge in [-0.25, -0.2) is 0 Å². The maximum atomic E-state index is 14.8. The average molecular weight is 735 g/mol. The van der Waals surface area contributed by atoms with Crippen molar-refractivity contribution in [1.29, 1.82) is 0 Å². The summed E-state index contributed by atoms with van der Waals surface area (Å²) >= 11 is 0. The van der Waals surface area contributed by atoms with Crippen molar-refractivity contribution >= 4 is 5.78 Å². The SMILES string of the molecule is CO[C@H]1O[C@H](C(=O)COC(c2ccccc2)(c2ccccc2)c2ccccc2)[C@@H](OCc2ccccc2)[C@H](OCc2ccccc2)[C@@H]1OCc1ccccc1. The van der Waals surface area contributed by atoms with Crippen molar-refractivity contribution in [3.8, 4) is 0 Å². The predicted molar refractivity (Wildman–Crippen MR) is 211 cm³/mol. The molecule has 1 aliphatic heterocycles. The maximum Gasteiger partial charge on any atom is 0.190 e. The second-order valence-corrected chi connectivity index (χ2v) is 13.5. The van der Waals surface area contributed by atoms with Gasteiger partial charge in [0.25, 0.3) is 0 Å². The number of ketones is 1. The zero-order valence-electron chi connectivity index (χ0n) is 30.9. The number of ether oxygens (including phenoxy) is 6. The van der Waals surface area contributed by atoms with Crippen molar-refractivity contribution in [2.24, 2.45) is 0 Å². The fourth-order valence-electron chi connectivity index (χ4n) is 7.14. The summed E-state index contributed by atoms with van der Waals surface area (Å²) in [7, 11) is 1.55. The number of hydrogen-bond donors (Lipinski definition) is 0. The van der Waals surface area contributed by atoms with Gasteiger partial charge in [0, 0.05) is 7.11 Å². The molecular weight excluding hydrogens is 689 g/mol. The van der Waals surface area contributed by atoms with E-state index in [9.17, 15) is 4.79 Å². The highest BCUT2D eigenvalue weighted by molar-refractivity contribution is 5.85. The topological polar surface area (TPSA) is 72.5 Å². The summed E-state index contributed by atoms with van der Waals surface area (Å²) in [5, 5.41) is 0. The fourth-order valence-corrected chi connectivity index (χ4v) is 7.14. The van der Waals surface area contributed by atoms with Crippen molar-refractivity contribution in [2.75, 3.05) is 13.7 Å². The molecule has 0 aliphatic carbocycles. The Kier molecular flexibility index (Phi) is 13.1. The number of rotatable bonds is 17. The Labute approximate surface area is 323 Å². The van der Waals surface area contributed by atoms with Crippen LogP contribution in [0.5, 0.6) is 0 Å². The van der Waals surface area contributed by atoms with E-state index in [1.165, 1.54) is 0 Å². The van der Waals surface area contributed by atoms with Gasteiger partial charge in [0.1, 0.15) is 30.5 Å². The molecule has 280 valence electrons. The van der Waals surface area contributed by atoms with E-state index in [1.807, 2.05) is 182 Å². The first-order valence-corrected chi connectivity index (χ1v) is 18.6. The van der Waals surface area contributed by atoms with Crippen LogP contribution in [0.15, 0.2) is 182 Å². The van der Waals surface area contributed by atoms with E-state index in [4.69, 9.17) is 28.4 Å². The molecule has 0 bridgehead atoms. The summed E-state index contributed by atoms with van der Waals surface area (Å²) in [4.78, 5) is 14.8. The molecule has 0 unspecified atom stereocenters. The minimum atomic E-state index is -1.12. The van der Waals surface area contributed by atoms with E-state index in [0.717, 1.165) is 33.4 Å². The van der Waals surface area contributed by atoms with Crippen LogP contribution in [0.1, 0.15) is 33.4 Å². The van der Waals surface area contributed by atoms with E-state index in [2.05, 4.69) is 0 Å². The molecule has 1 saturated heterocycles. The first kappa shape index (κ1) is 38.0. The first-order valence-electron chi connectivity index (χ1n) is 18.6. The first-order chi connectivity index (χ1) is 27.2. The Morgan fingerprint density at radius 1 is 0.491 bits per heavy atom. The lowest BCUT2D eigenvalue weighted by molar-refractivity contribution is -0.311. The standard InChI is InChI=1S/C48H46O7/c1-50-47-46(53-34-38-24-12-4-13-25-38)45(52-33-37-22-10-3-11-23-37)44(51-32-36-20-8-2-9-21-36)43(55-47)42(49)35-54-48(39-26-14-5-15-27-39,40-28-16-6-17-29-40)41-30-18-7-19-31-41/h2-31,43-47H,32-35H2,1H3/t43-,44-,45+,46+,47+/m1/s1. The largest absolute Gasteiger partial charge is 0.368 e. The smallest absolute Gasteiger partial charge is 0.190 e. The zero-order chi connectivity index (χ0) is 37.7. The van der Waals surface area contributed by atoms with Crippen LogP contribution in [0.4, 0.5) is 0 Å². The summed E-state index contributed by atoms with van der Waals surface area (Å²) in [5.41, 5.74) is 4.43. The number of benzene rings is 6. The minimum absolute atomic E-state index is 0.218. The van der Waals surface area contributed by atoms with Crippen molar-refractivity contribution in [3.05, 3.63) is 215 Å². The molecular formula is C48H46O7. The van der Waals surface area contributed by atoms with E-state index >= 15 is 0 Å². The van der Waals surface area contributed by atoms with Gasteiger partial charge in [-0.05, 0) is 33.4 Å². The molecule has 7 nitrogen and oxygen atoms in total. The molecule has 6 aromatic carbocycles. The molecule has 55 heavy (non-hydrogen) atoms. The Bertz CT molecular complexity index is 1920. The van der Waals surface area contributed by atoms with Crippen LogP contribution in [0.2, 0.25) is 0 Å². The summed E-state index contributed by atoms with van der Waals surface area (Å²) in [5.74, 6) is -0.317. The summed E-state index contributed by atoms with van der Waals surface area (Å²) in [6.45, 7) is 0.456. The second-order valence-electron chi connectivity index (χ2n) is 13.5. The van der Waals surface area contributed by atoms with Crippen molar-refractivity contribution in [2.45, 2.75) is 56.1 Å². The zero-order valence-corrected chi connectivity index (χ0v) is 30.9. The summed E-state index contributed by atoms with van der Waals surface area (Å²) < 4.78 is 39.5. The summed E-state index contributed by atoms with van der Waals surface area (Å²) in [6.07, 6.45) is -4.45. The van der Waals surface area contributed by atoms with Crippen LogP contribution >= 0.6 is 0 Å². The number of hydrogen-bond acceptors (Lipinski definition) is 7. The lowest BCUT2D eigenvalue weighted by Crippen LogP contribution is -2.63. The summed E-state index contributed by atoms with van der Waals surface area (Å²) in [6, 6.07) is 59.6. The van der Waals surface area contributed by atoms with Gasteiger partial charge in [0.15, 0.2) is 18.2 Å². The van der Waals surface area contributed by atoms with Crippen LogP contribution in [-0.4, -0.2) is 50.2 Å². The minimum Gasteiger partial charge on any atom is -0.368 e. The quantitative estimate of drug-likeness (QED) is 0.0869. The Balaban J connectivity index is 1.24. The van der Waals surface area contributed by atoms with Crippen LogP contribution < -0.4 is 0 Å². The lowest BCUT2D eigenvalue weighted by Gasteiger charge is -2.45. The van der Waals surface area contributed by atoms with E-state index in [-0.39, 0.29) is 32.2 Å². The highest BCUT2D eigenvalue weighted by atomic mass is 16.7. The molecule has 0 radical (unpaired) electrons. The molecule has 7 heteroatoms. The number of methoxy groups -OCH3 is 1. The highest BCUT2D eigenvalue weighted by Gasteiger charge is 2.51. The molecule has 1 heterocycles. The average Bonchev–Trinajstić information content (AvgIpc) is 3.26. The molecule has 5 atom stereocenters. The highest BCUT2D eigenvalue weighted by Crippen LogP contribution is 2.41. The van der Waals surface area contributed by atoms with Crippen LogP contribution in [-0.2, 0) is 58.6 Å². The lowest BCUT2D eigenvalue weighted by atomic mass is 9.80. The molecule has 1 fully saturated rings. The van der Waals surface area contributed by atoms with Crippen molar-refractivity contribution in [3.63, 3.8) is 0 Å². The monoisotopic (exact) mass is 734 g/mol. The van der Waals surface area contributed by atoms with Gasteiger partial charge in [-0.3, -0.25) is 4.79 Å². The van der Waals surface area contributed by atoms with Gasteiger partial charge in [-0.1, -0.05) is 182 Å². The van der Waals surface area contributed by atoms with Gasteiger partial charge >= 0.3 is 0 Å². The third-order valence-electron chi connectivity index (χ3n) is 9.87. The third kappa shape index (κ3) is 9.18.